The van der Waals surface area contributed by atoms with Crippen LogP contribution in [0, 0.1) is 0 Å². The van der Waals surface area contributed by atoms with Gasteiger partial charge in [0.15, 0.2) is 0 Å². The smallest absolute Gasteiger partial charge is 0.0382 e. The SMILES string of the molecule is CN(C)Cc1ccccc1P(=S)(c1ccccc1)c1ccccc1. The maximum atomic E-state index is 6.43. The second-order valence-electron chi connectivity index (χ2n) is 6.15. The van der Waals surface area contributed by atoms with Crippen LogP contribution >= 0.6 is 6.04 Å². The molecule has 3 rings (SSSR count). The van der Waals surface area contributed by atoms with Crippen LogP contribution in [-0.2, 0) is 18.4 Å². The van der Waals surface area contributed by atoms with Crippen LogP contribution in [0.5, 0.6) is 0 Å². The van der Waals surface area contributed by atoms with Gasteiger partial charge in [-0.25, -0.2) is 0 Å². The quantitative estimate of drug-likeness (QED) is 0.647. The summed E-state index contributed by atoms with van der Waals surface area (Å²) >= 11 is 6.43. The molecule has 1 nitrogen and oxygen atoms in total. The summed E-state index contributed by atoms with van der Waals surface area (Å²) in [6.07, 6.45) is 0. The molecule has 122 valence electrons. The second-order valence-corrected chi connectivity index (χ2v) is 10.5. The Morgan fingerprint density at radius 3 is 1.67 bits per heavy atom. The van der Waals surface area contributed by atoms with Crippen molar-refractivity contribution in [2.45, 2.75) is 6.54 Å². The van der Waals surface area contributed by atoms with E-state index in [0.29, 0.717) is 0 Å². The van der Waals surface area contributed by atoms with E-state index in [1.54, 1.807) is 0 Å². The van der Waals surface area contributed by atoms with Crippen molar-refractivity contribution in [3.63, 3.8) is 0 Å². The highest BCUT2D eigenvalue weighted by Crippen LogP contribution is 2.43. The zero-order valence-corrected chi connectivity index (χ0v) is 15.8. The first kappa shape index (κ1) is 17.1. The summed E-state index contributed by atoms with van der Waals surface area (Å²) < 4.78 is 0. The number of benzene rings is 3. The lowest BCUT2D eigenvalue weighted by Gasteiger charge is -2.27. The largest absolute Gasteiger partial charge is 0.305 e. The predicted molar refractivity (Wildman–Crippen MR) is 110 cm³/mol. The Labute approximate surface area is 150 Å². The number of hydrogen-bond acceptors (Lipinski definition) is 2. The van der Waals surface area contributed by atoms with E-state index in [-0.39, 0.29) is 0 Å². The van der Waals surface area contributed by atoms with Gasteiger partial charge in [-0.05, 0) is 35.6 Å². The molecule has 0 heterocycles. The van der Waals surface area contributed by atoms with Crippen LogP contribution in [0.4, 0.5) is 0 Å². The van der Waals surface area contributed by atoms with Gasteiger partial charge in [0.25, 0.3) is 0 Å². The average Bonchev–Trinajstić information content (AvgIpc) is 2.62. The molecule has 0 aliphatic carbocycles. The highest BCUT2D eigenvalue weighted by Gasteiger charge is 2.26. The highest BCUT2D eigenvalue weighted by molar-refractivity contribution is 8.25. The predicted octanol–water partition coefficient (Wildman–Crippen LogP) is 3.50. The molecule has 0 saturated carbocycles. The van der Waals surface area contributed by atoms with E-state index in [1.807, 2.05) is 0 Å². The third kappa shape index (κ3) is 3.37. The van der Waals surface area contributed by atoms with Crippen molar-refractivity contribution in [2.24, 2.45) is 0 Å². The number of hydrogen-bond donors (Lipinski definition) is 0. The minimum atomic E-state index is -2.06. The first-order valence-electron chi connectivity index (χ1n) is 8.07. The van der Waals surface area contributed by atoms with E-state index >= 15 is 0 Å². The third-order valence-electron chi connectivity index (χ3n) is 4.06. The summed E-state index contributed by atoms with van der Waals surface area (Å²) in [6.45, 7) is 0.897. The summed E-state index contributed by atoms with van der Waals surface area (Å²) in [4.78, 5) is 2.20. The Kier molecular flexibility index (Phi) is 5.30. The van der Waals surface area contributed by atoms with Gasteiger partial charge in [0.1, 0.15) is 0 Å². The van der Waals surface area contributed by atoms with E-state index in [1.165, 1.54) is 21.5 Å². The van der Waals surface area contributed by atoms with Crippen molar-refractivity contribution >= 4 is 33.8 Å². The van der Waals surface area contributed by atoms with E-state index in [9.17, 15) is 0 Å². The Morgan fingerprint density at radius 2 is 1.17 bits per heavy atom. The summed E-state index contributed by atoms with van der Waals surface area (Å²) in [6, 6.07) is 27.8. The lowest BCUT2D eigenvalue weighted by Crippen LogP contribution is -2.28. The molecule has 0 radical (unpaired) electrons. The molecular weight excluding hydrogens is 329 g/mol. The van der Waals surface area contributed by atoms with Gasteiger partial charge < -0.3 is 4.90 Å². The van der Waals surface area contributed by atoms with Gasteiger partial charge in [0, 0.05) is 12.6 Å². The van der Waals surface area contributed by atoms with E-state index < -0.39 is 6.04 Å². The van der Waals surface area contributed by atoms with Crippen molar-refractivity contribution in [1.29, 1.82) is 0 Å². The molecule has 0 bridgehead atoms. The molecule has 0 aromatic heterocycles. The molecule has 3 aromatic rings. The Bertz CT molecular complexity index is 800. The molecule has 3 aromatic carbocycles. The Morgan fingerprint density at radius 1 is 0.708 bits per heavy atom. The Balaban J connectivity index is 2.27. The zero-order chi connectivity index (χ0) is 17.0. The molecule has 0 spiro atoms. The highest BCUT2D eigenvalue weighted by atomic mass is 32.4. The Hall–Kier alpha value is -1.73. The van der Waals surface area contributed by atoms with E-state index in [0.717, 1.165) is 6.54 Å². The molecule has 24 heavy (non-hydrogen) atoms. The second kappa shape index (κ2) is 7.44. The fourth-order valence-corrected chi connectivity index (χ4v) is 7.14. The zero-order valence-electron chi connectivity index (χ0n) is 14.1. The van der Waals surface area contributed by atoms with E-state index in [4.69, 9.17) is 11.8 Å². The molecule has 0 unspecified atom stereocenters. The van der Waals surface area contributed by atoms with Crippen LogP contribution in [-0.4, -0.2) is 19.0 Å². The van der Waals surface area contributed by atoms with Crippen molar-refractivity contribution in [3.05, 3.63) is 90.5 Å². The van der Waals surface area contributed by atoms with Gasteiger partial charge in [-0.3, -0.25) is 0 Å². The maximum absolute atomic E-state index is 6.43. The average molecular weight is 351 g/mol. The molecular formula is C21H22NPS. The molecule has 0 aliphatic rings. The third-order valence-corrected chi connectivity index (χ3v) is 9.08. The van der Waals surface area contributed by atoms with Gasteiger partial charge in [-0.2, -0.15) is 0 Å². The first-order valence-corrected chi connectivity index (χ1v) is 10.9. The molecule has 3 heteroatoms. The lowest BCUT2D eigenvalue weighted by molar-refractivity contribution is 0.403. The van der Waals surface area contributed by atoms with Gasteiger partial charge in [-0.15, -0.1) is 0 Å². The summed E-state index contributed by atoms with van der Waals surface area (Å²) in [5.74, 6) is 0. The maximum Gasteiger partial charge on any atom is 0.0382 e. The topological polar surface area (TPSA) is 3.24 Å². The molecule has 0 fully saturated rings. The van der Waals surface area contributed by atoms with Crippen LogP contribution < -0.4 is 15.9 Å². The molecule has 0 amide bonds. The summed E-state index contributed by atoms with van der Waals surface area (Å²) in [5.41, 5.74) is 1.32. The summed E-state index contributed by atoms with van der Waals surface area (Å²) in [7, 11) is 4.20. The fraction of sp³-hybridized carbons (Fsp3) is 0.143. The fourth-order valence-electron chi connectivity index (χ4n) is 3.00. The van der Waals surface area contributed by atoms with Crippen molar-refractivity contribution in [1.82, 2.24) is 4.90 Å². The standard InChI is InChI=1S/C21H22NPS/c1-22(2)17-18-11-9-10-16-21(18)23(24,19-12-5-3-6-13-19)20-14-7-4-8-15-20/h3-16H,17H2,1-2H3. The van der Waals surface area contributed by atoms with Crippen LogP contribution in [0.15, 0.2) is 84.9 Å². The van der Waals surface area contributed by atoms with E-state index in [2.05, 4.69) is 104 Å². The van der Waals surface area contributed by atoms with Gasteiger partial charge in [-0.1, -0.05) is 96.7 Å². The number of nitrogens with zero attached hydrogens (tertiary/aromatic N) is 1. The first-order chi connectivity index (χ1) is 11.6. The van der Waals surface area contributed by atoms with Crippen molar-refractivity contribution < 1.29 is 0 Å². The molecule has 0 N–H and O–H groups in total. The van der Waals surface area contributed by atoms with Crippen molar-refractivity contribution in [3.8, 4) is 0 Å². The van der Waals surface area contributed by atoms with Gasteiger partial charge in [0.2, 0.25) is 0 Å². The van der Waals surface area contributed by atoms with Gasteiger partial charge >= 0.3 is 0 Å². The monoisotopic (exact) mass is 351 g/mol. The van der Waals surface area contributed by atoms with Crippen LogP contribution in [0.2, 0.25) is 0 Å². The normalized spacial score (nSPS) is 11.6. The van der Waals surface area contributed by atoms with Gasteiger partial charge in [0.05, 0.1) is 0 Å². The molecule has 0 aliphatic heterocycles. The van der Waals surface area contributed by atoms with Crippen LogP contribution in [0.3, 0.4) is 0 Å². The van der Waals surface area contributed by atoms with Crippen LogP contribution in [0.1, 0.15) is 5.56 Å². The minimum Gasteiger partial charge on any atom is -0.305 e. The molecule has 0 saturated heterocycles. The van der Waals surface area contributed by atoms with Crippen LogP contribution in [0.25, 0.3) is 0 Å². The lowest BCUT2D eigenvalue weighted by atomic mass is 10.2. The minimum absolute atomic E-state index is 0.897. The number of rotatable bonds is 5. The summed E-state index contributed by atoms with van der Waals surface area (Å²) in [5, 5.41) is 3.79. The molecule has 0 atom stereocenters. The van der Waals surface area contributed by atoms with Crippen molar-refractivity contribution in [2.75, 3.05) is 14.1 Å².